The highest BCUT2D eigenvalue weighted by Crippen LogP contribution is 2.36. The summed E-state index contributed by atoms with van der Waals surface area (Å²) >= 11 is 5.82. The van der Waals surface area contributed by atoms with Gasteiger partial charge >= 0.3 is 6.18 Å². The van der Waals surface area contributed by atoms with Crippen molar-refractivity contribution in [3.05, 3.63) is 28.8 Å². The Morgan fingerprint density at radius 3 is 2.67 bits per heavy atom. The van der Waals surface area contributed by atoms with Gasteiger partial charge < -0.3 is 4.90 Å². The molecule has 0 amide bonds. The summed E-state index contributed by atoms with van der Waals surface area (Å²) in [6.07, 6.45) is -4.12. The second-order valence-electron chi connectivity index (χ2n) is 4.25. The van der Waals surface area contributed by atoms with Gasteiger partial charge in [-0.25, -0.2) is 0 Å². The Hall–Kier alpha value is -1.41. The van der Waals surface area contributed by atoms with Crippen LogP contribution in [-0.2, 0) is 0 Å². The first kappa shape index (κ1) is 13.0. The molecule has 0 radical (unpaired) electrons. The normalized spacial score (nSPS) is 19.9. The van der Waals surface area contributed by atoms with Gasteiger partial charge in [-0.15, -0.1) is 0 Å². The molecular weight excluding hydrogens is 265 g/mol. The molecule has 1 saturated heterocycles. The van der Waals surface area contributed by atoms with Crippen LogP contribution in [-0.4, -0.2) is 19.3 Å². The van der Waals surface area contributed by atoms with Gasteiger partial charge in [0.2, 0.25) is 0 Å². The molecule has 0 aliphatic carbocycles. The fourth-order valence-electron chi connectivity index (χ4n) is 2.11. The van der Waals surface area contributed by atoms with Gasteiger partial charge in [-0.05, 0) is 24.6 Å². The van der Waals surface area contributed by atoms with Crippen LogP contribution in [0.5, 0.6) is 0 Å². The van der Waals surface area contributed by atoms with Crippen molar-refractivity contribution in [3.63, 3.8) is 0 Å². The van der Waals surface area contributed by atoms with E-state index in [4.69, 9.17) is 16.9 Å². The van der Waals surface area contributed by atoms with E-state index in [9.17, 15) is 13.2 Å². The van der Waals surface area contributed by atoms with Crippen molar-refractivity contribution in [3.8, 4) is 6.07 Å². The predicted molar refractivity (Wildman–Crippen MR) is 62.5 cm³/mol. The second-order valence-corrected chi connectivity index (χ2v) is 4.68. The summed E-state index contributed by atoms with van der Waals surface area (Å²) in [6, 6.07) is 6.60. The van der Waals surface area contributed by atoms with E-state index in [0.29, 0.717) is 22.8 Å². The Morgan fingerprint density at radius 1 is 1.39 bits per heavy atom. The molecule has 1 fully saturated rings. The number of halogens is 4. The Morgan fingerprint density at radius 2 is 2.11 bits per heavy atom. The SMILES string of the molecule is N#Cc1ccc(Cl)cc1N1CCC(C(F)(F)F)C1. The zero-order chi connectivity index (χ0) is 13.3. The summed E-state index contributed by atoms with van der Waals surface area (Å²) in [7, 11) is 0. The lowest BCUT2D eigenvalue weighted by molar-refractivity contribution is -0.168. The number of nitrogens with zero attached hydrogens (tertiary/aromatic N) is 2. The van der Waals surface area contributed by atoms with Crippen molar-refractivity contribution in [2.24, 2.45) is 5.92 Å². The highest BCUT2D eigenvalue weighted by atomic mass is 35.5. The Balaban J connectivity index is 2.25. The van der Waals surface area contributed by atoms with Crippen LogP contribution in [0.25, 0.3) is 0 Å². The van der Waals surface area contributed by atoms with Crippen molar-refractivity contribution in [2.45, 2.75) is 12.6 Å². The van der Waals surface area contributed by atoms with Crippen LogP contribution in [0, 0.1) is 17.2 Å². The molecule has 1 aromatic rings. The topological polar surface area (TPSA) is 27.0 Å². The Kier molecular flexibility index (Phi) is 3.40. The molecule has 1 aliphatic rings. The maximum absolute atomic E-state index is 12.6. The van der Waals surface area contributed by atoms with Crippen LogP contribution in [0.15, 0.2) is 18.2 Å². The van der Waals surface area contributed by atoms with Gasteiger partial charge in [-0.2, -0.15) is 18.4 Å². The summed E-state index contributed by atoms with van der Waals surface area (Å²) in [5.74, 6) is -1.33. The highest BCUT2D eigenvalue weighted by Gasteiger charge is 2.43. The molecule has 1 heterocycles. The fraction of sp³-hybridized carbons (Fsp3) is 0.417. The van der Waals surface area contributed by atoms with E-state index < -0.39 is 12.1 Å². The molecule has 1 atom stereocenters. The molecule has 2 nitrogen and oxygen atoms in total. The average molecular weight is 275 g/mol. The standard InChI is InChI=1S/C12H10ClF3N2/c13-10-2-1-8(6-17)11(5-10)18-4-3-9(7-18)12(14,15)16/h1-2,5,9H,3-4,7H2. The van der Waals surface area contributed by atoms with Gasteiger partial charge in [0.25, 0.3) is 0 Å². The quantitative estimate of drug-likeness (QED) is 0.782. The van der Waals surface area contributed by atoms with E-state index in [1.165, 1.54) is 6.07 Å². The maximum atomic E-state index is 12.6. The van der Waals surface area contributed by atoms with E-state index >= 15 is 0 Å². The number of hydrogen-bond acceptors (Lipinski definition) is 2. The lowest BCUT2D eigenvalue weighted by atomic mass is 10.1. The van der Waals surface area contributed by atoms with E-state index in [-0.39, 0.29) is 13.0 Å². The minimum Gasteiger partial charge on any atom is -0.370 e. The molecule has 1 aromatic carbocycles. The van der Waals surface area contributed by atoms with E-state index in [0.717, 1.165) is 0 Å². The molecule has 0 aromatic heterocycles. The van der Waals surface area contributed by atoms with E-state index in [2.05, 4.69) is 0 Å². The van der Waals surface area contributed by atoms with Gasteiger partial charge in [0.1, 0.15) is 6.07 Å². The smallest absolute Gasteiger partial charge is 0.370 e. The molecule has 2 rings (SSSR count). The second kappa shape index (κ2) is 4.69. The van der Waals surface area contributed by atoms with Crippen LogP contribution in [0.3, 0.4) is 0 Å². The van der Waals surface area contributed by atoms with Gasteiger partial charge in [0, 0.05) is 18.1 Å². The number of alkyl halides is 3. The summed E-state index contributed by atoms with van der Waals surface area (Å²) in [5.41, 5.74) is 0.832. The van der Waals surface area contributed by atoms with Gasteiger partial charge in [0.05, 0.1) is 17.2 Å². The van der Waals surface area contributed by atoms with Crippen LogP contribution < -0.4 is 4.90 Å². The van der Waals surface area contributed by atoms with Gasteiger partial charge in [0.15, 0.2) is 0 Å². The molecular formula is C12H10ClF3N2. The van der Waals surface area contributed by atoms with Crippen LogP contribution in [0.2, 0.25) is 5.02 Å². The zero-order valence-electron chi connectivity index (χ0n) is 9.34. The largest absolute Gasteiger partial charge is 0.393 e. The third-order valence-electron chi connectivity index (χ3n) is 3.07. The molecule has 1 unspecified atom stereocenters. The number of hydrogen-bond donors (Lipinski definition) is 0. The molecule has 0 saturated carbocycles. The third kappa shape index (κ3) is 2.54. The molecule has 18 heavy (non-hydrogen) atoms. The minimum absolute atomic E-state index is 0.0564. The third-order valence-corrected chi connectivity index (χ3v) is 3.31. The van der Waals surface area contributed by atoms with Crippen LogP contribution in [0.1, 0.15) is 12.0 Å². The Labute approximate surface area is 108 Å². The molecule has 96 valence electrons. The summed E-state index contributed by atoms with van der Waals surface area (Å²) in [6.45, 7) is 0.178. The zero-order valence-corrected chi connectivity index (χ0v) is 10.1. The highest BCUT2D eigenvalue weighted by molar-refractivity contribution is 6.30. The minimum atomic E-state index is -4.18. The number of benzene rings is 1. The van der Waals surface area contributed by atoms with Crippen LogP contribution >= 0.6 is 11.6 Å². The first-order valence-electron chi connectivity index (χ1n) is 5.43. The fourth-order valence-corrected chi connectivity index (χ4v) is 2.27. The van der Waals surface area contributed by atoms with Crippen molar-refractivity contribution in [1.82, 2.24) is 0 Å². The first-order chi connectivity index (χ1) is 8.41. The first-order valence-corrected chi connectivity index (χ1v) is 5.81. The van der Waals surface area contributed by atoms with Crippen molar-refractivity contribution in [2.75, 3.05) is 18.0 Å². The van der Waals surface area contributed by atoms with E-state index in [1.54, 1.807) is 17.0 Å². The van der Waals surface area contributed by atoms with Crippen molar-refractivity contribution >= 4 is 17.3 Å². The predicted octanol–water partition coefficient (Wildman–Crippen LogP) is 3.60. The number of anilines is 1. The molecule has 6 heteroatoms. The van der Waals surface area contributed by atoms with Gasteiger partial charge in [-0.3, -0.25) is 0 Å². The number of rotatable bonds is 1. The summed E-state index contributed by atoms with van der Waals surface area (Å²) in [4.78, 5) is 1.57. The van der Waals surface area contributed by atoms with E-state index in [1.807, 2.05) is 6.07 Å². The summed E-state index contributed by atoms with van der Waals surface area (Å²) < 4.78 is 37.8. The lowest BCUT2D eigenvalue weighted by Gasteiger charge is -2.21. The van der Waals surface area contributed by atoms with Crippen molar-refractivity contribution < 1.29 is 13.2 Å². The van der Waals surface area contributed by atoms with Crippen LogP contribution in [0.4, 0.5) is 18.9 Å². The average Bonchev–Trinajstić information content (AvgIpc) is 2.77. The molecule has 0 bridgehead atoms. The molecule has 1 aliphatic heterocycles. The molecule has 0 N–H and O–H groups in total. The number of nitriles is 1. The monoisotopic (exact) mass is 274 g/mol. The van der Waals surface area contributed by atoms with Crippen molar-refractivity contribution in [1.29, 1.82) is 5.26 Å². The van der Waals surface area contributed by atoms with Gasteiger partial charge in [-0.1, -0.05) is 11.6 Å². The maximum Gasteiger partial charge on any atom is 0.393 e. The lowest BCUT2D eigenvalue weighted by Crippen LogP contribution is -2.27. The Bertz CT molecular complexity index is 493. The summed E-state index contributed by atoms with van der Waals surface area (Å²) in [5, 5.41) is 9.37. The molecule has 0 spiro atoms.